The summed E-state index contributed by atoms with van der Waals surface area (Å²) in [6.45, 7) is 18.9. The molecule has 5 heteroatoms. The van der Waals surface area contributed by atoms with Crippen LogP contribution in [0.25, 0.3) is 0 Å². The van der Waals surface area contributed by atoms with Gasteiger partial charge in [-0.2, -0.15) is 0 Å². The summed E-state index contributed by atoms with van der Waals surface area (Å²) in [5.41, 5.74) is 0. The van der Waals surface area contributed by atoms with Gasteiger partial charge in [-0.1, -0.05) is 55.4 Å². The average molecular weight is 291 g/mol. The molecule has 2 nitrogen and oxygen atoms in total. The molecule has 0 aliphatic heterocycles. The fourth-order valence-electron chi connectivity index (χ4n) is 2.66. The first-order valence-electron chi connectivity index (χ1n) is 7.28. The molecule has 0 radical (unpaired) electrons. The summed E-state index contributed by atoms with van der Waals surface area (Å²) < 4.78 is 5.64. The Labute approximate surface area is 116 Å². The summed E-state index contributed by atoms with van der Waals surface area (Å²) in [5, 5.41) is 0. The zero-order valence-corrected chi connectivity index (χ0v) is 17.6. The van der Waals surface area contributed by atoms with E-state index in [0.717, 1.165) is 24.2 Å². The third-order valence-corrected chi connectivity index (χ3v) is 18.8. The fourth-order valence-corrected chi connectivity index (χ4v) is 22.3. The Kier molecular flexibility index (Phi) is 8.92. The van der Waals surface area contributed by atoms with Crippen molar-refractivity contribution >= 4 is 27.0 Å². The first kappa shape index (κ1) is 17.6. The molecule has 0 fully saturated rings. The van der Waals surface area contributed by atoms with Crippen molar-refractivity contribution in [1.29, 1.82) is 0 Å². The number of hydrogen-bond acceptors (Lipinski definition) is 2. The van der Waals surface area contributed by atoms with Crippen LogP contribution in [0, 0.1) is 0 Å². The van der Waals surface area contributed by atoms with E-state index in [9.17, 15) is 0 Å². The standard InChI is InChI=1S/C12H34N2Si3/c1-9(2)13(10(3)4)15-17-16-14(11(5)6)12(7)8/h9-12H,15-17H2,1-8H3. The molecule has 0 saturated heterocycles. The Morgan fingerprint density at radius 3 is 0.941 bits per heavy atom. The normalized spacial score (nSPS) is 15.2. The first-order valence-corrected chi connectivity index (χ1v) is 16.5. The summed E-state index contributed by atoms with van der Waals surface area (Å²) in [6, 6.07) is 3.09. The van der Waals surface area contributed by atoms with E-state index in [1.54, 1.807) is 0 Å². The van der Waals surface area contributed by atoms with Crippen LogP contribution in [0.3, 0.4) is 0 Å². The lowest BCUT2D eigenvalue weighted by Crippen LogP contribution is -2.49. The molecule has 104 valence electrons. The van der Waals surface area contributed by atoms with E-state index in [1.165, 1.54) is 0 Å². The maximum absolute atomic E-state index is 2.82. The highest BCUT2D eigenvalue weighted by Crippen LogP contribution is 2.04. The molecule has 0 aliphatic carbocycles. The maximum Gasteiger partial charge on any atom is 0.0785 e. The Morgan fingerprint density at radius 1 is 0.529 bits per heavy atom. The summed E-state index contributed by atoms with van der Waals surface area (Å²) in [7, 11) is 0.507. The van der Waals surface area contributed by atoms with Gasteiger partial charge in [-0.05, 0) is 24.2 Å². The molecule has 0 unspecified atom stereocenters. The third-order valence-electron chi connectivity index (χ3n) is 3.49. The molecule has 0 aromatic rings. The van der Waals surface area contributed by atoms with Crippen molar-refractivity contribution in [3.63, 3.8) is 0 Å². The molecule has 0 amide bonds. The highest BCUT2D eigenvalue weighted by molar-refractivity contribution is 7.27. The van der Waals surface area contributed by atoms with Crippen molar-refractivity contribution in [3.8, 4) is 0 Å². The molecule has 0 aromatic heterocycles. The lowest BCUT2D eigenvalue weighted by atomic mass is 10.3. The van der Waals surface area contributed by atoms with Crippen molar-refractivity contribution in [1.82, 2.24) is 9.13 Å². The summed E-state index contributed by atoms with van der Waals surface area (Å²) in [6.07, 6.45) is 0. The van der Waals surface area contributed by atoms with Crippen molar-refractivity contribution in [2.75, 3.05) is 0 Å². The van der Waals surface area contributed by atoms with Gasteiger partial charge in [0.15, 0.2) is 0 Å². The molecule has 0 saturated carbocycles. The van der Waals surface area contributed by atoms with Gasteiger partial charge in [0.25, 0.3) is 0 Å². The number of nitrogens with zero attached hydrogens (tertiary/aromatic N) is 2. The maximum atomic E-state index is 2.82. The van der Waals surface area contributed by atoms with Gasteiger partial charge in [-0.15, -0.1) is 0 Å². The molecule has 0 aromatic carbocycles. The second-order valence-electron chi connectivity index (χ2n) is 6.20. The van der Waals surface area contributed by atoms with Crippen LogP contribution in [-0.4, -0.2) is 60.3 Å². The van der Waals surface area contributed by atoms with Gasteiger partial charge >= 0.3 is 0 Å². The first-order chi connectivity index (χ1) is 7.77. The van der Waals surface area contributed by atoms with Gasteiger partial charge in [-0.25, -0.2) is 0 Å². The van der Waals surface area contributed by atoms with Crippen molar-refractivity contribution in [2.45, 2.75) is 79.6 Å². The molecule has 0 spiro atoms. The Hall–Kier alpha value is 0.571. The van der Waals surface area contributed by atoms with E-state index in [1.807, 2.05) is 0 Å². The smallest absolute Gasteiger partial charge is 0.0785 e. The van der Waals surface area contributed by atoms with Gasteiger partial charge < -0.3 is 9.13 Å². The van der Waals surface area contributed by atoms with Gasteiger partial charge in [0.1, 0.15) is 0 Å². The number of rotatable bonds is 8. The third kappa shape index (κ3) is 6.91. The van der Waals surface area contributed by atoms with Crippen molar-refractivity contribution < 1.29 is 0 Å². The number of hydrogen-bond donors (Lipinski definition) is 0. The molecule has 0 rings (SSSR count). The van der Waals surface area contributed by atoms with Crippen LogP contribution in [0.1, 0.15) is 55.4 Å². The molecular formula is C12H34N2Si3. The topological polar surface area (TPSA) is 6.48 Å². The van der Waals surface area contributed by atoms with Crippen LogP contribution in [0.15, 0.2) is 0 Å². The van der Waals surface area contributed by atoms with E-state index >= 15 is 0 Å². The Balaban J connectivity index is 4.10. The van der Waals surface area contributed by atoms with Gasteiger partial charge in [0.2, 0.25) is 0 Å². The Bertz CT molecular complexity index is 160. The minimum absolute atomic E-state index is 0.116. The lowest BCUT2D eigenvalue weighted by molar-refractivity contribution is 0.314. The van der Waals surface area contributed by atoms with E-state index in [4.69, 9.17) is 0 Å². The van der Waals surface area contributed by atoms with Crippen molar-refractivity contribution in [2.24, 2.45) is 0 Å². The predicted molar refractivity (Wildman–Crippen MR) is 89.9 cm³/mol. The van der Waals surface area contributed by atoms with Crippen molar-refractivity contribution in [3.05, 3.63) is 0 Å². The molecule has 17 heavy (non-hydrogen) atoms. The van der Waals surface area contributed by atoms with Crippen LogP contribution < -0.4 is 0 Å². The molecule has 0 aliphatic rings. The lowest BCUT2D eigenvalue weighted by Gasteiger charge is -2.33. The Morgan fingerprint density at radius 2 is 0.765 bits per heavy atom. The SMILES string of the molecule is CC(C)N([SiH2][SiH2][SiH2]N(C(C)C)C(C)C)C(C)C. The van der Waals surface area contributed by atoms with E-state index < -0.39 is 0 Å². The molecular weight excluding hydrogens is 256 g/mol. The minimum atomic E-state index is 0.116. The summed E-state index contributed by atoms with van der Waals surface area (Å²) in [5.74, 6) is 0. The van der Waals surface area contributed by atoms with E-state index in [0.29, 0.717) is 0 Å². The average Bonchev–Trinajstić information content (AvgIpc) is 2.14. The van der Waals surface area contributed by atoms with Gasteiger partial charge in [0.05, 0.1) is 18.4 Å². The monoisotopic (exact) mass is 290 g/mol. The van der Waals surface area contributed by atoms with Crippen LogP contribution in [-0.2, 0) is 0 Å². The van der Waals surface area contributed by atoms with Crippen LogP contribution in [0.4, 0.5) is 0 Å². The predicted octanol–water partition coefficient (Wildman–Crippen LogP) is 0.390. The molecule has 0 N–H and O–H groups in total. The fraction of sp³-hybridized carbons (Fsp3) is 1.00. The molecule has 0 heterocycles. The second kappa shape index (κ2) is 8.63. The van der Waals surface area contributed by atoms with Gasteiger partial charge in [0, 0.05) is 8.55 Å². The second-order valence-corrected chi connectivity index (χ2v) is 20.4. The molecule has 0 bridgehead atoms. The zero-order chi connectivity index (χ0) is 13.6. The quantitative estimate of drug-likeness (QED) is 0.597. The summed E-state index contributed by atoms with van der Waals surface area (Å²) >= 11 is 0. The largest absolute Gasteiger partial charge is 0.328 e. The minimum Gasteiger partial charge on any atom is -0.328 e. The van der Waals surface area contributed by atoms with E-state index in [-0.39, 0.29) is 27.0 Å². The summed E-state index contributed by atoms with van der Waals surface area (Å²) in [4.78, 5) is 0. The van der Waals surface area contributed by atoms with Crippen LogP contribution in [0.2, 0.25) is 0 Å². The highest BCUT2D eigenvalue weighted by Gasteiger charge is 2.17. The van der Waals surface area contributed by atoms with Gasteiger partial charge in [-0.3, -0.25) is 0 Å². The molecule has 0 atom stereocenters. The van der Waals surface area contributed by atoms with Crippen LogP contribution >= 0.6 is 0 Å². The highest BCUT2D eigenvalue weighted by atomic mass is 29.5. The van der Waals surface area contributed by atoms with E-state index in [2.05, 4.69) is 64.5 Å². The van der Waals surface area contributed by atoms with Crippen LogP contribution in [0.5, 0.6) is 0 Å². The zero-order valence-electron chi connectivity index (χ0n) is 13.3.